The average Bonchev–Trinajstić information content (AvgIpc) is 2.32. The highest BCUT2D eigenvalue weighted by Crippen LogP contribution is 2.33. The first-order chi connectivity index (χ1) is 8.08. The standard InChI is InChI=1S/C12H14FNO2S/c1-7-2-3-8(13)6-9(7)11-14-10(12(15)16)4-5-17-11/h2-3,6,10-11,14H,4-5H2,1H3,(H,15,16). The molecule has 92 valence electrons. The quantitative estimate of drug-likeness (QED) is 0.851. The van der Waals surface area contributed by atoms with Crippen LogP contribution in [0.25, 0.3) is 0 Å². The third-order valence-electron chi connectivity index (χ3n) is 2.87. The SMILES string of the molecule is Cc1ccc(F)cc1C1NC(C(=O)O)CCS1. The van der Waals surface area contributed by atoms with E-state index in [0.29, 0.717) is 6.42 Å². The van der Waals surface area contributed by atoms with Gasteiger partial charge < -0.3 is 5.11 Å². The summed E-state index contributed by atoms with van der Waals surface area (Å²) in [7, 11) is 0. The molecule has 1 saturated heterocycles. The third kappa shape index (κ3) is 2.79. The van der Waals surface area contributed by atoms with Gasteiger partial charge in [-0.25, -0.2) is 4.39 Å². The van der Waals surface area contributed by atoms with E-state index in [0.717, 1.165) is 16.9 Å². The van der Waals surface area contributed by atoms with Gasteiger partial charge in [-0.15, -0.1) is 11.8 Å². The van der Waals surface area contributed by atoms with Crippen molar-refractivity contribution >= 4 is 17.7 Å². The molecular formula is C12H14FNO2S. The number of hydrogen-bond acceptors (Lipinski definition) is 3. The molecule has 3 nitrogen and oxygen atoms in total. The van der Waals surface area contributed by atoms with Crippen LogP contribution in [0.1, 0.15) is 22.9 Å². The van der Waals surface area contributed by atoms with Crippen LogP contribution in [0, 0.1) is 12.7 Å². The van der Waals surface area contributed by atoms with E-state index >= 15 is 0 Å². The minimum absolute atomic E-state index is 0.138. The molecule has 5 heteroatoms. The number of hydrogen-bond donors (Lipinski definition) is 2. The van der Waals surface area contributed by atoms with Crippen molar-refractivity contribution in [2.45, 2.75) is 24.8 Å². The van der Waals surface area contributed by atoms with Gasteiger partial charge in [0.2, 0.25) is 0 Å². The van der Waals surface area contributed by atoms with Crippen LogP contribution in [0.5, 0.6) is 0 Å². The predicted octanol–water partition coefficient (Wildman–Crippen LogP) is 2.31. The summed E-state index contributed by atoms with van der Waals surface area (Å²) in [4.78, 5) is 10.9. The summed E-state index contributed by atoms with van der Waals surface area (Å²) in [5, 5.41) is 11.9. The molecule has 0 amide bonds. The molecule has 1 aromatic carbocycles. The fourth-order valence-electron chi connectivity index (χ4n) is 1.89. The number of carbonyl (C=O) groups is 1. The molecule has 2 unspecified atom stereocenters. The third-order valence-corrected chi connectivity index (χ3v) is 4.06. The lowest BCUT2D eigenvalue weighted by atomic mass is 10.1. The topological polar surface area (TPSA) is 49.3 Å². The highest BCUT2D eigenvalue weighted by atomic mass is 32.2. The van der Waals surface area contributed by atoms with Crippen molar-refractivity contribution in [3.8, 4) is 0 Å². The van der Waals surface area contributed by atoms with Gasteiger partial charge in [0.1, 0.15) is 11.9 Å². The maximum absolute atomic E-state index is 13.2. The molecule has 1 fully saturated rings. The van der Waals surface area contributed by atoms with Gasteiger partial charge in [0.15, 0.2) is 0 Å². The molecule has 1 aromatic rings. The van der Waals surface area contributed by atoms with Gasteiger partial charge in [0, 0.05) is 0 Å². The first-order valence-corrected chi connectivity index (χ1v) is 6.49. The van der Waals surface area contributed by atoms with Crippen molar-refractivity contribution in [2.24, 2.45) is 0 Å². The van der Waals surface area contributed by atoms with Crippen molar-refractivity contribution in [3.63, 3.8) is 0 Å². The highest BCUT2D eigenvalue weighted by molar-refractivity contribution is 7.99. The molecule has 2 rings (SSSR count). The Balaban J connectivity index is 2.21. The number of nitrogens with one attached hydrogen (secondary N) is 1. The predicted molar refractivity (Wildman–Crippen MR) is 65.5 cm³/mol. The Morgan fingerprint density at radius 3 is 3.06 bits per heavy atom. The second-order valence-corrected chi connectivity index (χ2v) is 5.31. The second kappa shape index (κ2) is 5.06. The molecule has 0 aliphatic carbocycles. The normalized spacial score (nSPS) is 24.6. The van der Waals surface area contributed by atoms with Crippen molar-refractivity contribution in [1.82, 2.24) is 5.32 Å². The largest absolute Gasteiger partial charge is 0.480 e. The van der Waals surface area contributed by atoms with Crippen LogP contribution in [0.4, 0.5) is 4.39 Å². The number of carboxylic acids is 1. The maximum atomic E-state index is 13.2. The molecule has 0 bridgehead atoms. The molecule has 17 heavy (non-hydrogen) atoms. The average molecular weight is 255 g/mol. The molecular weight excluding hydrogens is 241 g/mol. The Labute approximate surface area is 103 Å². The first-order valence-electron chi connectivity index (χ1n) is 5.44. The Bertz CT molecular complexity index is 439. The smallest absolute Gasteiger partial charge is 0.320 e. The highest BCUT2D eigenvalue weighted by Gasteiger charge is 2.28. The van der Waals surface area contributed by atoms with E-state index in [9.17, 15) is 9.18 Å². The Morgan fingerprint density at radius 2 is 2.35 bits per heavy atom. The number of carboxylic acid groups (broad SMARTS) is 1. The van der Waals surface area contributed by atoms with E-state index in [1.54, 1.807) is 17.8 Å². The van der Waals surface area contributed by atoms with Gasteiger partial charge in [0.05, 0.1) is 5.37 Å². The van der Waals surface area contributed by atoms with Gasteiger partial charge in [-0.2, -0.15) is 0 Å². The summed E-state index contributed by atoms with van der Waals surface area (Å²) in [6.45, 7) is 1.90. The van der Waals surface area contributed by atoms with Gasteiger partial charge >= 0.3 is 5.97 Å². The fourth-order valence-corrected chi connectivity index (χ4v) is 3.19. The summed E-state index contributed by atoms with van der Waals surface area (Å²) in [6.07, 6.45) is 0.602. The Morgan fingerprint density at radius 1 is 1.59 bits per heavy atom. The summed E-state index contributed by atoms with van der Waals surface area (Å²) in [5.41, 5.74) is 1.81. The van der Waals surface area contributed by atoms with E-state index in [4.69, 9.17) is 5.11 Å². The molecule has 0 aromatic heterocycles. The van der Waals surface area contributed by atoms with Crippen LogP contribution in [-0.4, -0.2) is 22.9 Å². The number of rotatable bonds is 2. The molecule has 0 saturated carbocycles. The van der Waals surface area contributed by atoms with E-state index in [2.05, 4.69) is 5.32 Å². The van der Waals surface area contributed by atoms with Crippen LogP contribution in [-0.2, 0) is 4.79 Å². The molecule has 1 aliphatic heterocycles. The molecule has 1 heterocycles. The zero-order valence-electron chi connectivity index (χ0n) is 9.44. The van der Waals surface area contributed by atoms with Crippen molar-refractivity contribution < 1.29 is 14.3 Å². The lowest BCUT2D eigenvalue weighted by Crippen LogP contribution is -2.42. The molecule has 0 radical (unpaired) electrons. The summed E-state index contributed by atoms with van der Waals surface area (Å²) in [5.74, 6) is -0.361. The number of halogens is 1. The van der Waals surface area contributed by atoms with Gasteiger partial charge in [-0.1, -0.05) is 6.07 Å². The van der Waals surface area contributed by atoms with Crippen molar-refractivity contribution in [1.29, 1.82) is 0 Å². The molecule has 2 atom stereocenters. The number of thioether (sulfide) groups is 1. The van der Waals surface area contributed by atoms with Crippen molar-refractivity contribution in [2.75, 3.05) is 5.75 Å². The van der Waals surface area contributed by atoms with E-state index in [-0.39, 0.29) is 11.2 Å². The van der Waals surface area contributed by atoms with Crippen LogP contribution < -0.4 is 5.32 Å². The van der Waals surface area contributed by atoms with E-state index in [1.807, 2.05) is 6.92 Å². The fraction of sp³-hybridized carbons (Fsp3) is 0.417. The van der Waals surface area contributed by atoms with Gasteiger partial charge in [-0.3, -0.25) is 10.1 Å². The summed E-state index contributed by atoms with van der Waals surface area (Å²) < 4.78 is 13.2. The summed E-state index contributed by atoms with van der Waals surface area (Å²) >= 11 is 1.62. The van der Waals surface area contributed by atoms with E-state index < -0.39 is 12.0 Å². The molecule has 0 spiro atoms. The monoisotopic (exact) mass is 255 g/mol. The number of aryl methyl sites for hydroxylation is 1. The Kier molecular flexibility index (Phi) is 3.69. The van der Waals surface area contributed by atoms with Crippen LogP contribution in [0.2, 0.25) is 0 Å². The molecule has 2 N–H and O–H groups in total. The second-order valence-electron chi connectivity index (χ2n) is 4.10. The van der Waals surface area contributed by atoms with Crippen LogP contribution in [0.15, 0.2) is 18.2 Å². The number of benzene rings is 1. The Hall–Kier alpha value is -1.07. The molecule has 1 aliphatic rings. The lowest BCUT2D eigenvalue weighted by molar-refractivity contribution is -0.139. The maximum Gasteiger partial charge on any atom is 0.320 e. The zero-order chi connectivity index (χ0) is 12.4. The van der Waals surface area contributed by atoms with Crippen LogP contribution in [0.3, 0.4) is 0 Å². The lowest BCUT2D eigenvalue weighted by Gasteiger charge is -2.29. The zero-order valence-corrected chi connectivity index (χ0v) is 10.3. The van der Waals surface area contributed by atoms with E-state index in [1.165, 1.54) is 12.1 Å². The minimum atomic E-state index is -0.843. The minimum Gasteiger partial charge on any atom is -0.480 e. The van der Waals surface area contributed by atoms with Crippen molar-refractivity contribution in [3.05, 3.63) is 35.1 Å². The number of aliphatic carboxylic acids is 1. The first kappa shape index (κ1) is 12.4. The van der Waals surface area contributed by atoms with Gasteiger partial charge in [0.25, 0.3) is 0 Å². The van der Waals surface area contributed by atoms with Crippen LogP contribution >= 0.6 is 11.8 Å². The summed E-state index contributed by atoms with van der Waals surface area (Å²) in [6, 6.07) is 4.08. The van der Waals surface area contributed by atoms with Gasteiger partial charge in [-0.05, 0) is 42.4 Å².